The molecule has 146 valence electrons. The van der Waals surface area contributed by atoms with E-state index in [0.717, 1.165) is 50.2 Å². The van der Waals surface area contributed by atoms with Crippen LogP contribution in [0.25, 0.3) is 0 Å². The zero-order valence-electron chi connectivity index (χ0n) is 16.1. The molecule has 1 spiro atoms. The summed E-state index contributed by atoms with van der Waals surface area (Å²) < 4.78 is 5.70. The maximum absolute atomic E-state index is 12.6. The van der Waals surface area contributed by atoms with Gasteiger partial charge in [-0.1, -0.05) is 0 Å². The Morgan fingerprint density at radius 3 is 2.81 bits per heavy atom. The zero-order chi connectivity index (χ0) is 19.0. The van der Waals surface area contributed by atoms with Crippen LogP contribution in [-0.2, 0) is 16.1 Å². The first-order valence-electron chi connectivity index (χ1n) is 9.77. The lowest BCUT2D eigenvalue weighted by Crippen LogP contribution is -2.49. The van der Waals surface area contributed by atoms with E-state index in [9.17, 15) is 9.59 Å². The van der Waals surface area contributed by atoms with Crippen molar-refractivity contribution in [3.05, 3.63) is 29.6 Å². The molecular formula is C20H28N4O3. The number of pyridine rings is 1. The predicted octanol–water partition coefficient (Wildman–Crippen LogP) is 1.56. The fourth-order valence-electron chi connectivity index (χ4n) is 5.02. The van der Waals surface area contributed by atoms with Crippen LogP contribution in [0.2, 0.25) is 0 Å². The molecule has 1 aromatic rings. The van der Waals surface area contributed by atoms with Crippen LogP contribution in [0.4, 0.5) is 4.79 Å². The smallest absolute Gasteiger partial charge is 0.317 e. The average molecular weight is 372 g/mol. The lowest BCUT2D eigenvalue weighted by molar-refractivity contribution is -0.130. The van der Waals surface area contributed by atoms with Gasteiger partial charge in [0.1, 0.15) is 0 Å². The highest BCUT2D eigenvalue weighted by molar-refractivity contribution is 5.75. The summed E-state index contributed by atoms with van der Waals surface area (Å²) in [5, 5.41) is 3.03. The van der Waals surface area contributed by atoms with Crippen LogP contribution < -0.4 is 5.32 Å². The van der Waals surface area contributed by atoms with E-state index in [1.807, 2.05) is 29.0 Å². The molecule has 3 aliphatic rings. The van der Waals surface area contributed by atoms with E-state index in [0.29, 0.717) is 19.1 Å². The van der Waals surface area contributed by atoms with Crippen molar-refractivity contribution < 1.29 is 14.3 Å². The third-order valence-electron chi connectivity index (χ3n) is 6.74. The zero-order valence-corrected chi connectivity index (χ0v) is 16.1. The molecule has 2 atom stereocenters. The minimum atomic E-state index is -0.0123. The molecule has 3 saturated heterocycles. The predicted molar refractivity (Wildman–Crippen MR) is 99.9 cm³/mol. The quantitative estimate of drug-likeness (QED) is 0.855. The van der Waals surface area contributed by atoms with Gasteiger partial charge in [-0.3, -0.25) is 9.78 Å². The van der Waals surface area contributed by atoms with Gasteiger partial charge in [0.2, 0.25) is 5.91 Å². The topological polar surface area (TPSA) is 74.8 Å². The number of ether oxygens (including phenoxy) is 1. The average Bonchev–Trinajstić information content (AvgIpc) is 3.25. The first-order chi connectivity index (χ1) is 13.0. The Kier molecular flexibility index (Phi) is 4.80. The first-order valence-corrected chi connectivity index (χ1v) is 9.77. The molecule has 4 heterocycles. The molecule has 0 unspecified atom stereocenters. The Morgan fingerprint density at radius 1 is 1.33 bits per heavy atom. The van der Waals surface area contributed by atoms with E-state index < -0.39 is 0 Å². The monoisotopic (exact) mass is 372 g/mol. The van der Waals surface area contributed by atoms with E-state index in [-0.39, 0.29) is 23.4 Å². The molecule has 0 radical (unpaired) electrons. The van der Waals surface area contributed by atoms with Crippen LogP contribution in [-0.4, -0.2) is 65.6 Å². The number of fused-ring (bicyclic) bond motifs is 2. The Morgan fingerprint density at radius 2 is 2.11 bits per heavy atom. The second kappa shape index (κ2) is 7.11. The van der Waals surface area contributed by atoms with E-state index in [2.05, 4.69) is 10.3 Å². The molecule has 0 bridgehead atoms. The maximum Gasteiger partial charge on any atom is 0.317 e. The number of hydrogen-bond donors (Lipinski definition) is 1. The van der Waals surface area contributed by atoms with Crippen LogP contribution in [0.15, 0.2) is 18.5 Å². The van der Waals surface area contributed by atoms with Crippen molar-refractivity contribution in [2.24, 2.45) is 11.3 Å². The molecule has 0 aliphatic carbocycles. The van der Waals surface area contributed by atoms with Gasteiger partial charge in [-0.25, -0.2) is 4.79 Å². The minimum absolute atomic E-state index is 0.0123. The fraction of sp³-hybridized carbons (Fsp3) is 0.650. The minimum Gasteiger partial charge on any atom is -0.379 e. The molecule has 7 nitrogen and oxygen atoms in total. The highest BCUT2D eigenvalue weighted by Crippen LogP contribution is 2.50. The van der Waals surface area contributed by atoms with Crippen molar-refractivity contribution in [3.63, 3.8) is 0 Å². The highest BCUT2D eigenvalue weighted by Gasteiger charge is 2.56. The Hall–Kier alpha value is -2.15. The molecule has 0 aromatic carbocycles. The van der Waals surface area contributed by atoms with E-state index in [1.54, 1.807) is 13.1 Å². The number of rotatable bonds is 2. The second-order valence-electron chi connectivity index (χ2n) is 8.17. The Bertz CT molecular complexity index is 730. The summed E-state index contributed by atoms with van der Waals surface area (Å²) in [5.41, 5.74) is 2.27. The van der Waals surface area contributed by atoms with Crippen LogP contribution >= 0.6 is 0 Å². The highest BCUT2D eigenvalue weighted by atomic mass is 16.5. The van der Waals surface area contributed by atoms with Gasteiger partial charge in [-0.05, 0) is 42.4 Å². The third-order valence-corrected chi connectivity index (χ3v) is 6.74. The van der Waals surface area contributed by atoms with Gasteiger partial charge in [0.25, 0.3) is 0 Å². The van der Waals surface area contributed by atoms with E-state index in [1.165, 1.54) is 0 Å². The van der Waals surface area contributed by atoms with Crippen LogP contribution in [0.5, 0.6) is 0 Å². The lowest BCUT2D eigenvalue weighted by atomic mass is 9.70. The Balaban J connectivity index is 1.35. The summed E-state index contributed by atoms with van der Waals surface area (Å²) >= 11 is 0. The van der Waals surface area contributed by atoms with Gasteiger partial charge < -0.3 is 19.9 Å². The molecule has 7 heteroatoms. The normalized spacial score (nSPS) is 26.3. The van der Waals surface area contributed by atoms with Crippen molar-refractivity contribution >= 4 is 11.9 Å². The lowest BCUT2D eigenvalue weighted by Gasteiger charge is -2.41. The number of carbonyl (C=O) groups is 2. The standard InChI is InChI=1S/C20H28N4O3/c1-14-9-21-6-3-16(14)10-22-19(26)23-7-4-20(5-8-23)13-24(15(2)25)18-12-27-11-17(18)20/h3,6,9,17-18H,4-5,7-8,10-13H2,1-2H3,(H,22,26)/t17-,18+/m0/s1. The van der Waals surface area contributed by atoms with Gasteiger partial charge in [0.15, 0.2) is 0 Å². The number of aromatic nitrogens is 1. The van der Waals surface area contributed by atoms with Crippen molar-refractivity contribution in [3.8, 4) is 0 Å². The summed E-state index contributed by atoms with van der Waals surface area (Å²) in [6, 6.07) is 2.15. The fourth-order valence-corrected chi connectivity index (χ4v) is 5.02. The van der Waals surface area contributed by atoms with Crippen molar-refractivity contribution in [2.45, 2.75) is 39.3 Å². The number of amides is 3. The van der Waals surface area contributed by atoms with E-state index in [4.69, 9.17) is 4.74 Å². The number of nitrogens with zero attached hydrogens (tertiary/aromatic N) is 3. The van der Waals surface area contributed by atoms with Crippen LogP contribution in [0.1, 0.15) is 30.9 Å². The van der Waals surface area contributed by atoms with Gasteiger partial charge in [0, 0.05) is 51.4 Å². The molecule has 4 rings (SSSR count). The second-order valence-corrected chi connectivity index (χ2v) is 8.17. The number of nitrogens with one attached hydrogen (secondary N) is 1. The van der Waals surface area contributed by atoms with Crippen molar-refractivity contribution in [1.29, 1.82) is 0 Å². The maximum atomic E-state index is 12.6. The Labute approximate surface area is 160 Å². The number of piperidine rings is 1. The van der Waals surface area contributed by atoms with Crippen molar-refractivity contribution in [1.82, 2.24) is 20.1 Å². The van der Waals surface area contributed by atoms with Crippen LogP contribution in [0, 0.1) is 18.3 Å². The molecule has 3 amide bonds. The summed E-state index contributed by atoms with van der Waals surface area (Å²) in [4.78, 5) is 32.6. The number of urea groups is 1. The number of likely N-dealkylation sites (tertiary alicyclic amines) is 2. The van der Waals surface area contributed by atoms with E-state index >= 15 is 0 Å². The van der Waals surface area contributed by atoms with Crippen LogP contribution in [0.3, 0.4) is 0 Å². The number of hydrogen-bond acceptors (Lipinski definition) is 4. The van der Waals surface area contributed by atoms with Gasteiger partial charge in [0.05, 0.1) is 19.3 Å². The summed E-state index contributed by atoms with van der Waals surface area (Å²) in [7, 11) is 0. The molecule has 3 aliphatic heterocycles. The number of carbonyl (C=O) groups excluding carboxylic acids is 2. The molecule has 3 fully saturated rings. The third kappa shape index (κ3) is 3.29. The van der Waals surface area contributed by atoms with Gasteiger partial charge in [-0.15, -0.1) is 0 Å². The first kappa shape index (κ1) is 18.2. The SMILES string of the molecule is CC(=O)N1CC2(CCN(C(=O)NCc3ccncc3C)CC2)[C@H]2COC[C@H]21. The molecule has 1 aromatic heterocycles. The van der Waals surface area contributed by atoms with Crippen molar-refractivity contribution in [2.75, 3.05) is 32.8 Å². The molecular weight excluding hydrogens is 344 g/mol. The summed E-state index contributed by atoms with van der Waals surface area (Å²) in [5.74, 6) is 0.548. The number of aryl methyl sites for hydroxylation is 1. The molecule has 0 saturated carbocycles. The molecule has 27 heavy (non-hydrogen) atoms. The van der Waals surface area contributed by atoms with Gasteiger partial charge in [-0.2, -0.15) is 0 Å². The summed E-state index contributed by atoms with van der Waals surface area (Å²) in [6.07, 6.45) is 5.43. The molecule has 1 N–H and O–H groups in total. The largest absolute Gasteiger partial charge is 0.379 e. The van der Waals surface area contributed by atoms with Gasteiger partial charge >= 0.3 is 6.03 Å². The summed E-state index contributed by atoms with van der Waals surface area (Å²) in [6.45, 7) is 7.84.